The molecule has 7 heteroatoms. The summed E-state index contributed by atoms with van der Waals surface area (Å²) < 4.78 is 27.6. The molecule has 1 heterocycles. The normalized spacial score (nSPS) is 24.7. The molecule has 0 saturated heterocycles. The zero-order valence-corrected chi connectivity index (χ0v) is 17.0. The van der Waals surface area contributed by atoms with Crippen molar-refractivity contribution >= 4 is 14.5 Å². The molecule has 0 saturated carbocycles. The first-order valence-electron chi connectivity index (χ1n) is 8.44. The van der Waals surface area contributed by atoms with E-state index >= 15 is 0 Å². The first-order chi connectivity index (χ1) is 11.1. The molecule has 1 aliphatic rings. The van der Waals surface area contributed by atoms with Crippen molar-refractivity contribution in [2.24, 2.45) is 0 Å². The van der Waals surface area contributed by atoms with Gasteiger partial charge in [0, 0.05) is 6.61 Å². The van der Waals surface area contributed by atoms with Crippen molar-refractivity contribution in [3.63, 3.8) is 0 Å². The Kier molecular flexibility index (Phi) is 7.92. The molecule has 0 aliphatic carbocycles. The topological polar surface area (TPSA) is 63.2 Å². The zero-order valence-electron chi connectivity index (χ0n) is 16.0. The van der Waals surface area contributed by atoms with Gasteiger partial charge in [-0.25, -0.2) is 4.79 Å². The van der Waals surface area contributed by atoms with E-state index in [4.69, 9.17) is 18.6 Å². The van der Waals surface area contributed by atoms with Gasteiger partial charge >= 0.3 is 6.16 Å². The minimum atomic E-state index is -1.93. The van der Waals surface area contributed by atoms with Crippen molar-refractivity contribution < 1.29 is 28.2 Å². The lowest BCUT2D eigenvalue weighted by Crippen LogP contribution is -2.47. The highest BCUT2D eigenvalue weighted by Gasteiger charge is 2.39. The van der Waals surface area contributed by atoms with Crippen LogP contribution >= 0.6 is 0 Å². The number of methoxy groups -OCH3 is 1. The predicted octanol–water partition coefficient (Wildman–Crippen LogP) is 3.87. The molecule has 1 rings (SSSR count). The fraction of sp³-hybridized carbons (Fsp3) is 0.824. The van der Waals surface area contributed by atoms with Crippen molar-refractivity contribution in [2.45, 2.75) is 70.7 Å². The minimum Gasteiger partial charge on any atom is -0.438 e. The quantitative estimate of drug-likeness (QED) is 0.390. The van der Waals surface area contributed by atoms with Gasteiger partial charge in [0.25, 0.3) is 0 Å². The van der Waals surface area contributed by atoms with Crippen LogP contribution in [0.25, 0.3) is 0 Å². The standard InChI is InChI=1S/C17H32O6Si/c1-8-11-20-15-10-9-13(23-16(18)19-5)14(22-15)12-21-24(6,7)17(2,3)4/h9-10,13-15H,8,11-12H2,1-7H3/t13-,14+,15-/m0/s1. The van der Waals surface area contributed by atoms with Gasteiger partial charge in [0.05, 0.1) is 13.7 Å². The summed E-state index contributed by atoms with van der Waals surface area (Å²) in [5, 5.41) is 0.0916. The SMILES string of the molecule is CCCO[C@@H]1C=C[C@H](OC(=O)OC)[C@@H](CO[Si](C)(C)C(C)(C)C)O1. The number of hydrogen-bond acceptors (Lipinski definition) is 6. The van der Waals surface area contributed by atoms with Crippen LogP contribution in [0.3, 0.4) is 0 Å². The molecule has 0 fully saturated rings. The molecule has 140 valence electrons. The highest BCUT2D eigenvalue weighted by molar-refractivity contribution is 6.74. The van der Waals surface area contributed by atoms with Crippen LogP contribution in [0.15, 0.2) is 12.2 Å². The molecule has 3 atom stereocenters. The second kappa shape index (κ2) is 8.99. The van der Waals surface area contributed by atoms with Crippen LogP contribution in [-0.2, 0) is 23.4 Å². The number of hydrogen-bond donors (Lipinski definition) is 0. The van der Waals surface area contributed by atoms with E-state index in [1.165, 1.54) is 7.11 Å². The fourth-order valence-electron chi connectivity index (χ4n) is 1.86. The Balaban J connectivity index is 2.76. The smallest absolute Gasteiger partial charge is 0.438 e. The Morgan fingerprint density at radius 1 is 1.25 bits per heavy atom. The van der Waals surface area contributed by atoms with E-state index in [2.05, 4.69) is 38.6 Å². The first kappa shape index (κ1) is 21.2. The van der Waals surface area contributed by atoms with Crippen molar-refractivity contribution in [1.29, 1.82) is 0 Å². The van der Waals surface area contributed by atoms with Gasteiger partial charge in [-0.15, -0.1) is 0 Å². The van der Waals surface area contributed by atoms with Crippen molar-refractivity contribution in [1.82, 2.24) is 0 Å². The summed E-state index contributed by atoms with van der Waals surface area (Å²) in [5.41, 5.74) is 0. The van der Waals surface area contributed by atoms with Crippen molar-refractivity contribution in [3.05, 3.63) is 12.2 Å². The molecule has 1 aliphatic heterocycles. The van der Waals surface area contributed by atoms with Gasteiger partial charge < -0.3 is 23.4 Å². The lowest BCUT2D eigenvalue weighted by Gasteiger charge is -2.39. The van der Waals surface area contributed by atoms with E-state index < -0.39 is 33.0 Å². The van der Waals surface area contributed by atoms with E-state index in [1.54, 1.807) is 12.2 Å². The molecule has 0 unspecified atom stereocenters. The molecule has 0 spiro atoms. The highest BCUT2D eigenvalue weighted by Crippen LogP contribution is 2.37. The van der Waals surface area contributed by atoms with Gasteiger partial charge in [-0.2, -0.15) is 0 Å². The maximum Gasteiger partial charge on any atom is 0.508 e. The Morgan fingerprint density at radius 3 is 2.46 bits per heavy atom. The maximum absolute atomic E-state index is 11.4. The summed E-state index contributed by atoms with van der Waals surface area (Å²) in [7, 11) is -0.649. The summed E-state index contributed by atoms with van der Waals surface area (Å²) in [5.74, 6) is 0. The van der Waals surface area contributed by atoms with Crippen LogP contribution in [0.1, 0.15) is 34.1 Å². The molecule has 0 N–H and O–H groups in total. The third-order valence-electron chi connectivity index (χ3n) is 4.43. The van der Waals surface area contributed by atoms with Gasteiger partial charge in [0.2, 0.25) is 0 Å². The predicted molar refractivity (Wildman–Crippen MR) is 94.5 cm³/mol. The largest absolute Gasteiger partial charge is 0.508 e. The second-order valence-corrected chi connectivity index (χ2v) is 12.2. The molecule has 0 aromatic rings. The number of carbonyl (C=O) groups is 1. The minimum absolute atomic E-state index is 0.0916. The molecule has 6 nitrogen and oxygen atoms in total. The van der Waals surface area contributed by atoms with E-state index in [9.17, 15) is 4.79 Å². The molecule has 0 bridgehead atoms. The molecule has 0 radical (unpaired) electrons. The third-order valence-corrected chi connectivity index (χ3v) is 8.93. The molecule has 0 aromatic heterocycles. The van der Waals surface area contributed by atoms with Crippen LogP contribution in [0, 0.1) is 0 Å². The lowest BCUT2D eigenvalue weighted by atomic mass is 10.1. The van der Waals surface area contributed by atoms with Crippen molar-refractivity contribution in [3.8, 4) is 0 Å². The average molecular weight is 361 g/mol. The summed E-state index contributed by atoms with van der Waals surface area (Å²) in [6.07, 6.45) is 2.27. The summed E-state index contributed by atoms with van der Waals surface area (Å²) in [4.78, 5) is 11.4. The van der Waals surface area contributed by atoms with Gasteiger partial charge in [-0.3, -0.25) is 0 Å². The van der Waals surface area contributed by atoms with Crippen molar-refractivity contribution in [2.75, 3.05) is 20.3 Å². The zero-order chi connectivity index (χ0) is 18.4. The van der Waals surface area contributed by atoms with Crippen LogP contribution in [0.4, 0.5) is 4.79 Å². The van der Waals surface area contributed by atoms with E-state index in [0.717, 1.165) is 6.42 Å². The lowest BCUT2D eigenvalue weighted by molar-refractivity contribution is -0.180. The Hall–Kier alpha value is -0.893. The van der Waals surface area contributed by atoms with E-state index in [-0.39, 0.29) is 5.04 Å². The van der Waals surface area contributed by atoms with Crippen LogP contribution in [0.5, 0.6) is 0 Å². The molecular weight excluding hydrogens is 328 g/mol. The molecule has 0 aromatic carbocycles. The number of carbonyl (C=O) groups excluding carboxylic acids is 1. The van der Waals surface area contributed by atoms with Crippen LogP contribution in [-0.4, -0.2) is 53.3 Å². The summed E-state index contributed by atoms with van der Waals surface area (Å²) in [6, 6.07) is 0. The average Bonchev–Trinajstić information content (AvgIpc) is 2.51. The Labute approximate surface area is 146 Å². The van der Waals surface area contributed by atoms with E-state index in [1.807, 2.05) is 6.92 Å². The number of rotatable bonds is 7. The van der Waals surface area contributed by atoms with Crippen LogP contribution in [0.2, 0.25) is 18.1 Å². The highest BCUT2D eigenvalue weighted by atomic mass is 28.4. The monoisotopic (exact) mass is 360 g/mol. The van der Waals surface area contributed by atoms with Gasteiger partial charge in [-0.05, 0) is 36.7 Å². The van der Waals surface area contributed by atoms with Gasteiger partial charge in [-0.1, -0.05) is 27.7 Å². The maximum atomic E-state index is 11.4. The molecule has 0 amide bonds. The van der Waals surface area contributed by atoms with Gasteiger partial charge in [0.15, 0.2) is 20.7 Å². The summed E-state index contributed by atoms with van der Waals surface area (Å²) in [6.45, 7) is 13.9. The Bertz CT molecular complexity index is 429. The summed E-state index contributed by atoms with van der Waals surface area (Å²) >= 11 is 0. The van der Waals surface area contributed by atoms with Crippen LogP contribution < -0.4 is 0 Å². The van der Waals surface area contributed by atoms with Gasteiger partial charge in [0.1, 0.15) is 6.10 Å². The molecular formula is C17H32O6Si. The second-order valence-electron chi connectivity index (χ2n) is 7.41. The van der Waals surface area contributed by atoms with E-state index in [0.29, 0.717) is 13.2 Å². The fourth-order valence-corrected chi connectivity index (χ4v) is 2.88. The third kappa shape index (κ3) is 6.20. The first-order valence-corrected chi connectivity index (χ1v) is 11.4. The molecule has 24 heavy (non-hydrogen) atoms. The number of ether oxygens (including phenoxy) is 4. The Morgan fingerprint density at radius 2 is 1.92 bits per heavy atom.